The van der Waals surface area contributed by atoms with Crippen LogP contribution in [0.4, 0.5) is 0 Å². The number of aliphatic hydroxyl groups excluding tert-OH is 1. The molecule has 0 aliphatic heterocycles. The van der Waals surface area contributed by atoms with Gasteiger partial charge in [-0.05, 0) is 109 Å². The molecule has 0 bridgehead atoms. The van der Waals surface area contributed by atoms with Crippen molar-refractivity contribution in [3.05, 3.63) is 12.2 Å². The van der Waals surface area contributed by atoms with Crippen LogP contribution in [-0.4, -0.2) is 23.8 Å². The zero-order valence-electron chi connectivity index (χ0n) is 21.8. The molecule has 0 spiro atoms. The van der Waals surface area contributed by atoms with E-state index >= 15 is 0 Å². The number of carbonyl (C=O) groups is 2. The average Bonchev–Trinajstić information content (AvgIpc) is 3.17. The molecule has 4 saturated carbocycles. The maximum atomic E-state index is 12.8. The maximum absolute atomic E-state index is 12.8. The molecule has 0 unspecified atom stereocenters. The number of ketones is 1. The van der Waals surface area contributed by atoms with Crippen molar-refractivity contribution >= 4 is 12.1 Å². The van der Waals surface area contributed by atoms with Crippen molar-refractivity contribution in [2.24, 2.45) is 62.6 Å². The second kappa shape index (κ2) is 7.28. The zero-order chi connectivity index (χ0) is 24.0. The molecule has 0 heterocycles. The van der Waals surface area contributed by atoms with Gasteiger partial charge in [-0.15, -0.1) is 0 Å². The fraction of sp³-hybridized carbons (Fsp3) is 0.867. The van der Waals surface area contributed by atoms with Gasteiger partial charge in [-0.2, -0.15) is 0 Å². The largest absolute Gasteiger partial charge is 0.396 e. The van der Waals surface area contributed by atoms with Gasteiger partial charge < -0.3 is 9.90 Å². The third-order valence-corrected chi connectivity index (χ3v) is 13.1. The molecule has 0 aromatic heterocycles. The first-order chi connectivity index (χ1) is 15.4. The van der Waals surface area contributed by atoms with E-state index in [1.807, 2.05) is 6.08 Å². The molecule has 0 aromatic rings. The molecule has 0 aromatic carbocycles. The second-order valence-electron chi connectivity index (χ2n) is 14.2. The predicted octanol–water partition coefficient (Wildman–Crippen LogP) is 6.24. The summed E-state index contributed by atoms with van der Waals surface area (Å²) in [4.78, 5) is 24.7. The van der Waals surface area contributed by atoms with Gasteiger partial charge in [0.25, 0.3) is 0 Å². The topological polar surface area (TPSA) is 54.4 Å². The van der Waals surface area contributed by atoms with Gasteiger partial charge in [0.15, 0.2) is 5.78 Å². The Bertz CT molecular complexity index is 874. The first kappa shape index (κ1) is 23.8. The molecule has 4 fully saturated rings. The van der Waals surface area contributed by atoms with E-state index in [4.69, 9.17) is 0 Å². The van der Waals surface area contributed by atoms with E-state index in [1.54, 1.807) is 0 Å². The first-order valence-corrected chi connectivity index (χ1v) is 13.7. The van der Waals surface area contributed by atoms with E-state index in [0.29, 0.717) is 35.4 Å². The van der Waals surface area contributed by atoms with E-state index in [9.17, 15) is 14.7 Å². The van der Waals surface area contributed by atoms with Gasteiger partial charge in [-0.1, -0.05) is 47.6 Å². The molecule has 5 rings (SSSR count). The Morgan fingerprint density at radius 3 is 2.36 bits per heavy atom. The molecule has 1 N–H and O–H groups in total. The Kier molecular flexibility index (Phi) is 5.24. The number of aliphatic hydroxyl groups is 1. The van der Waals surface area contributed by atoms with Crippen LogP contribution in [0.15, 0.2) is 12.2 Å². The lowest BCUT2D eigenvalue weighted by atomic mass is 9.33. The Labute approximate surface area is 201 Å². The Balaban J connectivity index is 1.57. The molecule has 184 valence electrons. The summed E-state index contributed by atoms with van der Waals surface area (Å²) in [5.74, 6) is 2.83. The standard InChI is InChI=1S/C30H46O3/c1-19(17-31)20-9-14-30(18-32)16-15-28(5)21(25(20)30)7-8-23-27(4)12-11-24(33)26(2,3)22(27)10-13-29(23,28)6/h11-12,17,19-23,25,32H,7-10,13-16,18H2,1-6H3/t19-,20-,21+,22-,23+,25+,27-,28+,29+,30+/m0/s1. The quantitative estimate of drug-likeness (QED) is 0.514. The van der Waals surface area contributed by atoms with Crippen LogP contribution in [0.5, 0.6) is 0 Å². The van der Waals surface area contributed by atoms with Crippen molar-refractivity contribution in [2.45, 2.75) is 92.9 Å². The average molecular weight is 455 g/mol. The molecular weight excluding hydrogens is 408 g/mol. The smallest absolute Gasteiger partial charge is 0.161 e. The van der Waals surface area contributed by atoms with Gasteiger partial charge >= 0.3 is 0 Å². The summed E-state index contributed by atoms with van der Waals surface area (Å²) in [5.41, 5.74) is 0.251. The fourth-order valence-corrected chi connectivity index (χ4v) is 11.1. The Morgan fingerprint density at radius 1 is 0.970 bits per heavy atom. The van der Waals surface area contributed by atoms with Crippen molar-refractivity contribution < 1.29 is 14.7 Å². The third-order valence-electron chi connectivity index (χ3n) is 13.1. The molecule has 3 heteroatoms. The van der Waals surface area contributed by atoms with Crippen LogP contribution >= 0.6 is 0 Å². The first-order valence-electron chi connectivity index (χ1n) is 13.7. The van der Waals surface area contributed by atoms with Crippen LogP contribution in [0.2, 0.25) is 0 Å². The van der Waals surface area contributed by atoms with Crippen molar-refractivity contribution in [2.75, 3.05) is 6.61 Å². The van der Waals surface area contributed by atoms with Gasteiger partial charge in [-0.25, -0.2) is 0 Å². The third kappa shape index (κ3) is 2.78. The highest BCUT2D eigenvalue weighted by Gasteiger charge is 2.70. The van der Waals surface area contributed by atoms with E-state index in [-0.39, 0.29) is 39.6 Å². The molecule has 33 heavy (non-hydrogen) atoms. The fourth-order valence-electron chi connectivity index (χ4n) is 11.1. The van der Waals surface area contributed by atoms with Crippen LogP contribution < -0.4 is 0 Å². The van der Waals surface area contributed by atoms with Crippen molar-refractivity contribution in [3.63, 3.8) is 0 Å². The van der Waals surface area contributed by atoms with Crippen LogP contribution in [0.1, 0.15) is 92.9 Å². The van der Waals surface area contributed by atoms with Gasteiger partial charge in [0.2, 0.25) is 0 Å². The van der Waals surface area contributed by atoms with E-state index in [2.05, 4.69) is 47.6 Å². The molecule has 3 nitrogen and oxygen atoms in total. The number of fused-ring (bicyclic) bond motifs is 7. The van der Waals surface area contributed by atoms with Gasteiger partial charge in [0.05, 0.1) is 0 Å². The lowest BCUT2D eigenvalue weighted by Crippen LogP contribution is -2.65. The minimum absolute atomic E-state index is 0.0234. The van der Waals surface area contributed by atoms with E-state index in [1.165, 1.54) is 32.0 Å². The maximum Gasteiger partial charge on any atom is 0.161 e. The highest BCUT2D eigenvalue weighted by molar-refractivity contribution is 5.95. The van der Waals surface area contributed by atoms with Crippen LogP contribution in [-0.2, 0) is 9.59 Å². The molecule has 0 amide bonds. The van der Waals surface area contributed by atoms with Gasteiger partial charge in [0, 0.05) is 17.9 Å². The number of allylic oxidation sites excluding steroid dienone is 2. The highest BCUT2D eigenvalue weighted by atomic mass is 16.3. The number of rotatable bonds is 3. The summed E-state index contributed by atoms with van der Waals surface area (Å²) in [6, 6.07) is 0. The monoisotopic (exact) mass is 454 g/mol. The second-order valence-corrected chi connectivity index (χ2v) is 14.2. The highest BCUT2D eigenvalue weighted by Crippen LogP contribution is 2.76. The normalized spacial score (nSPS) is 53.4. The van der Waals surface area contributed by atoms with Crippen LogP contribution in [0.3, 0.4) is 0 Å². The summed E-state index contributed by atoms with van der Waals surface area (Å²) >= 11 is 0. The summed E-state index contributed by atoms with van der Waals surface area (Å²) < 4.78 is 0. The molecule has 10 atom stereocenters. The van der Waals surface area contributed by atoms with Crippen LogP contribution in [0.25, 0.3) is 0 Å². The molecule has 0 saturated heterocycles. The van der Waals surface area contributed by atoms with E-state index < -0.39 is 0 Å². The van der Waals surface area contributed by atoms with E-state index in [0.717, 1.165) is 25.7 Å². The lowest BCUT2D eigenvalue weighted by molar-refractivity contribution is -0.223. The summed E-state index contributed by atoms with van der Waals surface area (Å²) in [7, 11) is 0. The summed E-state index contributed by atoms with van der Waals surface area (Å²) in [5, 5.41) is 10.6. The number of aldehydes is 1. The summed E-state index contributed by atoms with van der Waals surface area (Å²) in [6.45, 7) is 14.4. The number of hydrogen-bond donors (Lipinski definition) is 1. The van der Waals surface area contributed by atoms with Gasteiger partial charge in [-0.3, -0.25) is 4.79 Å². The van der Waals surface area contributed by atoms with Gasteiger partial charge in [0.1, 0.15) is 6.29 Å². The predicted molar refractivity (Wildman–Crippen MR) is 131 cm³/mol. The van der Waals surface area contributed by atoms with Crippen molar-refractivity contribution in [1.82, 2.24) is 0 Å². The Morgan fingerprint density at radius 2 is 1.70 bits per heavy atom. The van der Waals surface area contributed by atoms with Crippen molar-refractivity contribution in [3.8, 4) is 0 Å². The molecular formula is C30H46O3. The number of carbonyl (C=O) groups excluding carboxylic acids is 2. The number of hydrogen-bond acceptors (Lipinski definition) is 3. The Hall–Kier alpha value is -0.960. The van der Waals surface area contributed by atoms with Crippen molar-refractivity contribution in [1.29, 1.82) is 0 Å². The molecule has 0 radical (unpaired) electrons. The minimum Gasteiger partial charge on any atom is -0.396 e. The summed E-state index contributed by atoms with van der Waals surface area (Å²) in [6.07, 6.45) is 14.6. The molecule has 5 aliphatic rings. The minimum atomic E-state index is -0.281. The molecule has 5 aliphatic carbocycles. The van der Waals surface area contributed by atoms with Crippen LogP contribution in [0, 0.1) is 62.6 Å². The lowest BCUT2D eigenvalue weighted by Gasteiger charge is -2.71. The SMILES string of the molecule is C[C@@H](C=O)[C@@H]1CC[C@]2(CO)CC[C@]3(C)[C@H](CC[C@@H]4[C@@]5(C)C=CC(=O)C(C)(C)[C@@H]5CC[C@]43C)[C@@H]12. The zero-order valence-corrected chi connectivity index (χ0v) is 21.8.